The largest absolute Gasteiger partial charge is 0.337 e. The highest BCUT2D eigenvalue weighted by atomic mass is 15.1. The first-order valence-electron chi connectivity index (χ1n) is 6.03. The maximum atomic E-state index is 4.48. The topological polar surface area (TPSA) is 29.9 Å². The Morgan fingerprint density at radius 2 is 2.27 bits per heavy atom. The molecule has 1 aromatic heterocycles. The molecule has 15 heavy (non-hydrogen) atoms. The van der Waals surface area contributed by atoms with E-state index in [2.05, 4.69) is 28.8 Å². The summed E-state index contributed by atoms with van der Waals surface area (Å²) in [7, 11) is 2.08. The zero-order chi connectivity index (χ0) is 10.7. The summed E-state index contributed by atoms with van der Waals surface area (Å²) in [6, 6.07) is 0.456. The third kappa shape index (κ3) is 2.23. The van der Waals surface area contributed by atoms with Gasteiger partial charge in [0.2, 0.25) is 0 Å². The molecule has 2 rings (SSSR count). The highest BCUT2D eigenvalue weighted by molar-refractivity contribution is 5.01. The molecule has 0 saturated heterocycles. The molecule has 0 radical (unpaired) electrons. The summed E-state index contributed by atoms with van der Waals surface area (Å²) in [6.07, 6.45) is 9.41. The van der Waals surface area contributed by atoms with Gasteiger partial charge in [-0.1, -0.05) is 19.8 Å². The summed E-state index contributed by atoms with van der Waals surface area (Å²) in [5.41, 5.74) is 0. The van der Waals surface area contributed by atoms with E-state index in [1.54, 1.807) is 0 Å². The third-order valence-electron chi connectivity index (χ3n) is 3.43. The predicted octanol–water partition coefficient (Wildman–Crippen LogP) is 2.26. The van der Waals surface area contributed by atoms with Gasteiger partial charge in [-0.25, -0.2) is 4.98 Å². The van der Waals surface area contributed by atoms with Crippen molar-refractivity contribution >= 4 is 0 Å². The molecular weight excluding hydrogens is 186 g/mol. The van der Waals surface area contributed by atoms with Gasteiger partial charge in [0.15, 0.2) is 0 Å². The molecule has 0 spiro atoms. The molecule has 3 heteroatoms. The summed E-state index contributed by atoms with van der Waals surface area (Å²) in [6.45, 7) is 3.19. The molecule has 1 aliphatic carbocycles. The van der Waals surface area contributed by atoms with Crippen molar-refractivity contribution in [2.75, 3.05) is 6.54 Å². The lowest BCUT2D eigenvalue weighted by Crippen LogP contribution is -2.29. The lowest BCUT2D eigenvalue weighted by molar-refractivity contribution is 0.353. The smallest absolute Gasteiger partial charge is 0.125 e. The van der Waals surface area contributed by atoms with Crippen molar-refractivity contribution in [2.45, 2.75) is 38.6 Å². The summed E-state index contributed by atoms with van der Waals surface area (Å²) < 4.78 is 2.14. The zero-order valence-corrected chi connectivity index (χ0v) is 9.74. The Balaban J connectivity index is 2.15. The fourth-order valence-electron chi connectivity index (χ4n) is 2.66. The highest BCUT2D eigenvalue weighted by Gasteiger charge is 2.27. The molecule has 3 nitrogen and oxygen atoms in total. The van der Waals surface area contributed by atoms with Crippen LogP contribution in [-0.2, 0) is 7.05 Å². The SMILES string of the molecule is CCNC(c1nccn1C)C1CCCC1. The van der Waals surface area contributed by atoms with Gasteiger partial charge in [0, 0.05) is 19.4 Å². The lowest BCUT2D eigenvalue weighted by Gasteiger charge is -2.23. The van der Waals surface area contributed by atoms with Crippen LogP contribution in [0.2, 0.25) is 0 Å². The summed E-state index contributed by atoms with van der Waals surface area (Å²) in [5, 5.41) is 3.58. The molecule has 0 aliphatic heterocycles. The van der Waals surface area contributed by atoms with E-state index in [1.165, 1.54) is 31.5 Å². The standard InChI is InChI=1S/C12H21N3/c1-3-13-11(10-6-4-5-7-10)12-14-8-9-15(12)2/h8-11,13H,3-7H2,1-2H3. The first-order chi connectivity index (χ1) is 7.33. The van der Waals surface area contributed by atoms with Gasteiger partial charge >= 0.3 is 0 Å². The summed E-state index contributed by atoms with van der Waals surface area (Å²) in [5.74, 6) is 1.98. The Morgan fingerprint density at radius 3 is 2.80 bits per heavy atom. The van der Waals surface area contributed by atoms with Crippen molar-refractivity contribution in [1.82, 2.24) is 14.9 Å². The fourth-order valence-corrected chi connectivity index (χ4v) is 2.66. The molecule has 1 atom stereocenters. The van der Waals surface area contributed by atoms with E-state index in [1.807, 2.05) is 12.4 Å². The normalized spacial score (nSPS) is 19.6. The molecule has 1 aliphatic rings. The van der Waals surface area contributed by atoms with Crippen molar-refractivity contribution in [1.29, 1.82) is 0 Å². The Kier molecular flexibility index (Phi) is 3.41. The molecule has 1 heterocycles. The minimum Gasteiger partial charge on any atom is -0.337 e. The molecule has 1 unspecified atom stereocenters. The van der Waals surface area contributed by atoms with Crippen molar-refractivity contribution in [3.63, 3.8) is 0 Å². The third-order valence-corrected chi connectivity index (χ3v) is 3.43. The summed E-state index contributed by atoms with van der Waals surface area (Å²) >= 11 is 0. The van der Waals surface area contributed by atoms with E-state index in [-0.39, 0.29) is 0 Å². The van der Waals surface area contributed by atoms with Crippen molar-refractivity contribution in [2.24, 2.45) is 13.0 Å². The molecule has 1 saturated carbocycles. The number of nitrogens with zero attached hydrogens (tertiary/aromatic N) is 2. The zero-order valence-electron chi connectivity index (χ0n) is 9.74. The Labute approximate surface area is 91.9 Å². The minimum atomic E-state index is 0.456. The van der Waals surface area contributed by atoms with Crippen LogP contribution in [0.15, 0.2) is 12.4 Å². The maximum absolute atomic E-state index is 4.48. The molecule has 1 aromatic rings. The predicted molar refractivity (Wildman–Crippen MR) is 61.6 cm³/mol. The van der Waals surface area contributed by atoms with E-state index in [4.69, 9.17) is 0 Å². The van der Waals surface area contributed by atoms with Crippen LogP contribution in [-0.4, -0.2) is 16.1 Å². The van der Waals surface area contributed by atoms with Gasteiger partial charge in [-0.05, 0) is 25.3 Å². The van der Waals surface area contributed by atoms with E-state index in [0.717, 1.165) is 12.5 Å². The molecule has 0 bridgehead atoms. The second-order valence-electron chi connectivity index (χ2n) is 4.48. The van der Waals surface area contributed by atoms with E-state index >= 15 is 0 Å². The van der Waals surface area contributed by atoms with Crippen LogP contribution < -0.4 is 5.32 Å². The molecule has 0 amide bonds. The maximum Gasteiger partial charge on any atom is 0.125 e. The Morgan fingerprint density at radius 1 is 1.53 bits per heavy atom. The first kappa shape index (κ1) is 10.7. The number of aryl methyl sites for hydroxylation is 1. The number of hydrogen-bond donors (Lipinski definition) is 1. The van der Waals surface area contributed by atoms with Gasteiger partial charge in [0.1, 0.15) is 5.82 Å². The van der Waals surface area contributed by atoms with Crippen LogP contribution in [0, 0.1) is 5.92 Å². The van der Waals surface area contributed by atoms with Crippen LogP contribution in [0.1, 0.15) is 44.5 Å². The minimum absolute atomic E-state index is 0.456. The Bertz CT molecular complexity index is 300. The molecule has 0 aromatic carbocycles. The summed E-state index contributed by atoms with van der Waals surface area (Å²) in [4.78, 5) is 4.48. The lowest BCUT2D eigenvalue weighted by atomic mass is 9.97. The fraction of sp³-hybridized carbons (Fsp3) is 0.750. The van der Waals surface area contributed by atoms with Crippen LogP contribution >= 0.6 is 0 Å². The second kappa shape index (κ2) is 4.79. The van der Waals surface area contributed by atoms with Gasteiger partial charge in [0.25, 0.3) is 0 Å². The van der Waals surface area contributed by atoms with E-state index in [0.29, 0.717) is 6.04 Å². The average Bonchev–Trinajstić information content (AvgIpc) is 2.85. The van der Waals surface area contributed by atoms with Gasteiger partial charge < -0.3 is 9.88 Å². The van der Waals surface area contributed by atoms with Gasteiger partial charge in [-0.2, -0.15) is 0 Å². The van der Waals surface area contributed by atoms with Crippen molar-refractivity contribution in [3.05, 3.63) is 18.2 Å². The quantitative estimate of drug-likeness (QED) is 0.820. The number of hydrogen-bond acceptors (Lipinski definition) is 2. The number of imidazole rings is 1. The van der Waals surface area contributed by atoms with Crippen molar-refractivity contribution < 1.29 is 0 Å². The number of aromatic nitrogens is 2. The van der Waals surface area contributed by atoms with Crippen LogP contribution in [0.4, 0.5) is 0 Å². The van der Waals surface area contributed by atoms with E-state index in [9.17, 15) is 0 Å². The van der Waals surface area contributed by atoms with Crippen molar-refractivity contribution in [3.8, 4) is 0 Å². The van der Waals surface area contributed by atoms with E-state index < -0.39 is 0 Å². The Hall–Kier alpha value is -0.830. The molecular formula is C12H21N3. The number of rotatable bonds is 4. The van der Waals surface area contributed by atoms with Crippen LogP contribution in [0.25, 0.3) is 0 Å². The monoisotopic (exact) mass is 207 g/mol. The van der Waals surface area contributed by atoms with Gasteiger partial charge in [0.05, 0.1) is 6.04 Å². The molecule has 84 valence electrons. The molecule has 1 fully saturated rings. The van der Waals surface area contributed by atoms with Crippen LogP contribution in [0.3, 0.4) is 0 Å². The van der Waals surface area contributed by atoms with Crippen LogP contribution in [0.5, 0.6) is 0 Å². The molecule has 1 N–H and O–H groups in total. The first-order valence-corrected chi connectivity index (χ1v) is 6.03. The number of nitrogens with one attached hydrogen (secondary N) is 1. The average molecular weight is 207 g/mol. The van der Waals surface area contributed by atoms with Gasteiger partial charge in [-0.3, -0.25) is 0 Å². The van der Waals surface area contributed by atoms with Gasteiger partial charge in [-0.15, -0.1) is 0 Å². The highest BCUT2D eigenvalue weighted by Crippen LogP contribution is 2.34. The second-order valence-corrected chi connectivity index (χ2v) is 4.48.